The van der Waals surface area contributed by atoms with E-state index in [1.807, 2.05) is 0 Å². The smallest absolute Gasteiger partial charge is 0.326 e. The van der Waals surface area contributed by atoms with Crippen molar-refractivity contribution in [1.29, 1.82) is 0 Å². The number of aliphatic carboxylic acids is 2. The summed E-state index contributed by atoms with van der Waals surface area (Å²) in [4.78, 5) is 61.3. The van der Waals surface area contributed by atoms with Gasteiger partial charge >= 0.3 is 11.9 Å². The molecule has 0 spiro atoms. The Labute approximate surface area is 189 Å². The number of likely N-dealkylation sites (tertiary alicyclic amines) is 1. The monoisotopic (exact) mass is 464 g/mol. The lowest BCUT2D eigenvalue weighted by Crippen LogP contribution is -2.58. The number of carbonyl (C=O) groups is 5. The molecule has 33 heavy (non-hydrogen) atoms. The maximum absolute atomic E-state index is 12.7. The van der Waals surface area contributed by atoms with Crippen LogP contribution in [0.15, 0.2) is 30.3 Å². The maximum atomic E-state index is 12.7. The lowest BCUT2D eigenvalue weighted by molar-refractivity contribution is -0.144. The molecule has 3 amide bonds. The molecule has 0 saturated carbocycles. The topological polar surface area (TPSA) is 199 Å². The highest BCUT2D eigenvalue weighted by atomic mass is 16.4. The maximum Gasteiger partial charge on any atom is 0.326 e. The van der Waals surface area contributed by atoms with Crippen LogP contribution in [-0.4, -0.2) is 87.2 Å². The number of hydrogen-bond donors (Lipinski definition) is 6. The van der Waals surface area contributed by atoms with E-state index in [-0.39, 0.29) is 19.4 Å². The molecule has 0 radical (unpaired) electrons. The van der Waals surface area contributed by atoms with Crippen molar-refractivity contribution in [2.45, 2.75) is 49.9 Å². The van der Waals surface area contributed by atoms with Gasteiger partial charge in [0.1, 0.15) is 18.1 Å². The Morgan fingerprint density at radius 3 is 2.30 bits per heavy atom. The van der Waals surface area contributed by atoms with Gasteiger partial charge in [-0.05, 0) is 18.4 Å². The molecule has 1 aromatic carbocycles. The molecule has 12 heteroatoms. The van der Waals surface area contributed by atoms with Crippen LogP contribution < -0.4 is 16.4 Å². The molecular weight excluding hydrogens is 436 g/mol. The normalized spacial score (nSPS) is 18.1. The number of nitrogens with two attached hydrogens (primary N) is 1. The van der Waals surface area contributed by atoms with Gasteiger partial charge in [-0.25, -0.2) is 4.79 Å². The number of nitrogens with one attached hydrogen (secondary N) is 2. The van der Waals surface area contributed by atoms with Crippen molar-refractivity contribution in [3.8, 4) is 0 Å². The van der Waals surface area contributed by atoms with E-state index in [0.717, 1.165) is 4.90 Å². The molecular formula is C21H28N4O8. The average molecular weight is 464 g/mol. The van der Waals surface area contributed by atoms with Gasteiger partial charge in [0.2, 0.25) is 17.7 Å². The van der Waals surface area contributed by atoms with Gasteiger partial charge in [0.05, 0.1) is 19.1 Å². The molecule has 4 atom stereocenters. The number of aliphatic hydroxyl groups is 1. The third-order valence-electron chi connectivity index (χ3n) is 5.26. The molecule has 1 heterocycles. The van der Waals surface area contributed by atoms with Crippen LogP contribution in [0.3, 0.4) is 0 Å². The van der Waals surface area contributed by atoms with E-state index in [4.69, 9.17) is 10.8 Å². The Hall–Kier alpha value is -3.51. The first-order chi connectivity index (χ1) is 15.6. The van der Waals surface area contributed by atoms with Crippen molar-refractivity contribution in [2.75, 3.05) is 13.2 Å². The fourth-order valence-electron chi connectivity index (χ4n) is 3.58. The van der Waals surface area contributed by atoms with Crippen LogP contribution in [0.25, 0.3) is 0 Å². The Balaban J connectivity index is 2.02. The quantitative estimate of drug-likeness (QED) is 0.216. The summed E-state index contributed by atoms with van der Waals surface area (Å²) in [7, 11) is 0. The molecule has 0 aromatic heterocycles. The van der Waals surface area contributed by atoms with E-state index in [1.54, 1.807) is 30.3 Å². The summed E-state index contributed by atoms with van der Waals surface area (Å²) < 4.78 is 0. The number of rotatable bonds is 11. The first-order valence-corrected chi connectivity index (χ1v) is 10.4. The van der Waals surface area contributed by atoms with Crippen LogP contribution in [0.4, 0.5) is 0 Å². The minimum atomic E-state index is -1.44. The number of carboxylic acids is 2. The van der Waals surface area contributed by atoms with Crippen molar-refractivity contribution >= 4 is 29.7 Å². The first kappa shape index (κ1) is 25.7. The molecule has 1 fully saturated rings. The minimum absolute atomic E-state index is 0.000376. The third-order valence-corrected chi connectivity index (χ3v) is 5.26. The average Bonchev–Trinajstić information content (AvgIpc) is 3.26. The number of carboxylic acid groups (broad SMARTS) is 2. The van der Waals surface area contributed by atoms with Crippen LogP contribution in [0.1, 0.15) is 24.8 Å². The van der Waals surface area contributed by atoms with Crippen molar-refractivity contribution in [1.82, 2.24) is 15.5 Å². The molecule has 1 aliphatic rings. The SMILES string of the molecule is NC(CC(=O)O)C(=O)N1CCCC1C(=O)NC(CO)C(=O)NC(Cc1ccccc1)C(=O)O. The lowest BCUT2D eigenvalue weighted by Gasteiger charge is -2.28. The van der Waals surface area contributed by atoms with Gasteiger partial charge in [-0.15, -0.1) is 0 Å². The fraction of sp³-hybridized carbons (Fsp3) is 0.476. The highest BCUT2D eigenvalue weighted by Gasteiger charge is 2.38. The third kappa shape index (κ3) is 7.26. The Bertz CT molecular complexity index is 878. The predicted octanol–water partition coefficient (Wildman–Crippen LogP) is -1.93. The zero-order valence-corrected chi connectivity index (χ0v) is 17.8. The summed E-state index contributed by atoms with van der Waals surface area (Å²) in [6.07, 6.45) is 0.143. The summed E-state index contributed by atoms with van der Waals surface area (Å²) in [5.41, 5.74) is 6.29. The molecule has 0 aliphatic carbocycles. The summed E-state index contributed by atoms with van der Waals surface area (Å²) in [5, 5.41) is 32.5. The van der Waals surface area contributed by atoms with Crippen LogP contribution in [0, 0.1) is 0 Å². The predicted molar refractivity (Wildman–Crippen MR) is 114 cm³/mol. The van der Waals surface area contributed by atoms with Gasteiger partial charge in [-0.3, -0.25) is 19.2 Å². The van der Waals surface area contributed by atoms with Crippen molar-refractivity contribution in [2.24, 2.45) is 5.73 Å². The Kier molecular flexibility index (Phi) is 9.30. The number of aliphatic hydroxyl groups excluding tert-OH is 1. The molecule has 1 saturated heterocycles. The zero-order valence-electron chi connectivity index (χ0n) is 17.8. The van der Waals surface area contributed by atoms with Gasteiger partial charge in [0.15, 0.2) is 0 Å². The van der Waals surface area contributed by atoms with E-state index in [0.29, 0.717) is 12.0 Å². The zero-order chi connectivity index (χ0) is 24.5. The fourth-order valence-corrected chi connectivity index (χ4v) is 3.58. The van der Waals surface area contributed by atoms with Gasteiger partial charge < -0.3 is 36.6 Å². The van der Waals surface area contributed by atoms with Gasteiger partial charge in [-0.1, -0.05) is 30.3 Å². The van der Waals surface area contributed by atoms with Crippen molar-refractivity contribution < 1.29 is 39.3 Å². The van der Waals surface area contributed by atoms with E-state index in [1.165, 1.54) is 0 Å². The largest absolute Gasteiger partial charge is 0.481 e. The second kappa shape index (κ2) is 11.9. The molecule has 4 unspecified atom stereocenters. The lowest BCUT2D eigenvalue weighted by atomic mass is 10.1. The highest BCUT2D eigenvalue weighted by Crippen LogP contribution is 2.19. The van der Waals surface area contributed by atoms with E-state index < -0.39 is 66.9 Å². The molecule has 7 N–H and O–H groups in total. The highest BCUT2D eigenvalue weighted by molar-refractivity contribution is 5.95. The van der Waals surface area contributed by atoms with E-state index >= 15 is 0 Å². The Morgan fingerprint density at radius 1 is 1.06 bits per heavy atom. The number of nitrogens with zero attached hydrogens (tertiary/aromatic N) is 1. The summed E-state index contributed by atoms with van der Waals surface area (Å²) in [5.74, 6) is -4.86. The summed E-state index contributed by atoms with van der Waals surface area (Å²) >= 11 is 0. The van der Waals surface area contributed by atoms with Crippen LogP contribution >= 0.6 is 0 Å². The van der Waals surface area contributed by atoms with Crippen LogP contribution in [0.2, 0.25) is 0 Å². The standard InChI is InChI=1S/C21H28N4O8/c22-13(10-17(27)28)20(31)25-8-4-7-16(25)19(30)24-15(11-26)18(29)23-14(21(32)33)9-12-5-2-1-3-6-12/h1-3,5-6,13-16,26H,4,7-11,22H2,(H,23,29)(H,24,30)(H,27,28)(H,32,33). The van der Waals surface area contributed by atoms with Gasteiger partial charge in [0, 0.05) is 13.0 Å². The molecule has 12 nitrogen and oxygen atoms in total. The number of benzene rings is 1. The Morgan fingerprint density at radius 2 is 1.73 bits per heavy atom. The number of amides is 3. The van der Waals surface area contributed by atoms with Gasteiger partial charge in [-0.2, -0.15) is 0 Å². The van der Waals surface area contributed by atoms with Crippen LogP contribution in [-0.2, 0) is 30.4 Å². The van der Waals surface area contributed by atoms with Crippen LogP contribution in [0.5, 0.6) is 0 Å². The molecule has 1 aromatic rings. The van der Waals surface area contributed by atoms with E-state index in [2.05, 4.69) is 10.6 Å². The first-order valence-electron chi connectivity index (χ1n) is 10.4. The second-order valence-corrected chi connectivity index (χ2v) is 7.73. The van der Waals surface area contributed by atoms with Crippen molar-refractivity contribution in [3.63, 3.8) is 0 Å². The summed E-state index contributed by atoms with van der Waals surface area (Å²) in [6.45, 7) is -0.604. The molecule has 180 valence electrons. The number of hydrogen-bond acceptors (Lipinski definition) is 7. The van der Waals surface area contributed by atoms with E-state index in [9.17, 15) is 34.2 Å². The number of carbonyl (C=O) groups excluding carboxylic acids is 3. The molecule has 1 aliphatic heterocycles. The minimum Gasteiger partial charge on any atom is -0.481 e. The second-order valence-electron chi connectivity index (χ2n) is 7.73. The van der Waals surface area contributed by atoms with Gasteiger partial charge in [0.25, 0.3) is 0 Å². The van der Waals surface area contributed by atoms with Crippen molar-refractivity contribution in [3.05, 3.63) is 35.9 Å². The molecule has 0 bridgehead atoms. The summed E-state index contributed by atoms with van der Waals surface area (Å²) in [6, 6.07) is 3.59. The molecule has 2 rings (SSSR count).